The number of nitrogens with zero attached hydrogens (tertiary/aromatic N) is 1. The predicted octanol–water partition coefficient (Wildman–Crippen LogP) is 3.38. The van der Waals surface area contributed by atoms with E-state index in [9.17, 15) is 0 Å². The van der Waals surface area contributed by atoms with Crippen LogP contribution in [0.3, 0.4) is 0 Å². The van der Waals surface area contributed by atoms with Crippen LogP contribution in [0.4, 0.5) is 0 Å². The average Bonchev–Trinajstić information content (AvgIpc) is 2.87. The van der Waals surface area contributed by atoms with E-state index in [2.05, 4.69) is 50.4 Å². The summed E-state index contributed by atoms with van der Waals surface area (Å²) in [4.78, 5) is 2.58. The number of benzene rings is 1. The molecule has 3 rings (SSSR count). The third-order valence-electron chi connectivity index (χ3n) is 4.54. The summed E-state index contributed by atoms with van der Waals surface area (Å²) < 4.78 is 1.18. The molecule has 2 nitrogen and oxygen atoms in total. The summed E-state index contributed by atoms with van der Waals surface area (Å²) in [5.41, 5.74) is 1.50. The zero-order valence-electron chi connectivity index (χ0n) is 11.4. The Bertz CT molecular complexity index is 392. The molecule has 2 aliphatic rings. The van der Waals surface area contributed by atoms with Gasteiger partial charge in [-0.3, -0.25) is 0 Å². The van der Waals surface area contributed by atoms with Crippen molar-refractivity contribution in [3.8, 4) is 0 Å². The Labute approximate surface area is 124 Å². The summed E-state index contributed by atoms with van der Waals surface area (Å²) in [6.07, 6.45) is 5.41. The molecular formula is C16H23BrN2. The maximum Gasteiger partial charge on any atom is 0.0175 e. The van der Waals surface area contributed by atoms with E-state index in [1.807, 2.05) is 0 Å². The fraction of sp³-hybridized carbons (Fsp3) is 0.625. The van der Waals surface area contributed by atoms with E-state index in [4.69, 9.17) is 0 Å². The van der Waals surface area contributed by atoms with Crippen molar-refractivity contribution in [2.75, 3.05) is 26.2 Å². The van der Waals surface area contributed by atoms with E-state index in [1.54, 1.807) is 0 Å². The van der Waals surface area contributed by atoms with Gasteiger partial charge in [-0.15, -0.1) is 0 Å². The van der Waals surface area contributed by atoms with E-state index >= 15 is 0 Å². The first-order valence-electron chi connectivity index (χ1n) is 7.52. The summed E-state index contributed by atoms with van der Waals surface area (Å²) in [6, 6.07) is 9.58. The van der Waals surface area contributed by atoms with Crippen molar-refractivity contribution in [1.29, 1.82) is 0 Å². The van der Waals surface area contributed by atoms with Crippen LogP contribution < -0.4 is 5.32 Å². The number of likely N-dealkylation sites (tertiary alicyclic amines) is 1. The number of nitrogens with one attached hydrogen (secondary N) is 1. The predicted molar refractivity (Wildman–Crippen MR) is 83.6 cm³/mol. The lowest BCUT2D eigenvalue weighted by molar-refractivity contribution is 0.266. The molecule has 1 saturated heterocycles. The molecule has 1 aromatic rings. The lowest BCUT2D eigenvalue weighted by Gasteiger charge is -2.36. The standard InChI is InChI=1S/C16H23BrN2/c17-15-5-3-13(4-6-15)14-11-16(12-14)18-7-10-19-8-1-2-9-19/h3-6,14,16,18H,1-2,7-12H2. The zero-order chi connectivity index (χ0) is 13.1. The van der Waals surface area contributed by atoms with Crippen LogP contribution in [0.25, 0.3) is 0 Å². The summed E-state index contributed by atoms with van der Waals surface area (Å²) in [5, 5.41) is 3.71. The molecule has 1 aliphatic heterocycles. The Morgan fingerprint density at radius 1 is 1.11 bits per heavy atom. The number of halogens is 1. The van der Waals surface area contributed by atoms with E-state index in [0.717, 1.165) is 18.5 Å². The van der Waals surface area contributed by atoms with E-state index in [0.29, 0.717) is 0 Å². The summed E-state index contributed by atoms with van der Waals surface area (Å²) in [5.74, 6) is 0.775. The number of rotatable bonds is 5. The largest absolute Gasteiger partial charge is 0.313 e. The van der Waals surface area contributed by atoms with E-state index in [-0.39, 0.29) is 0 Å². The van der Waals surface area contributed by atoms with Gasteiger partial charge >= 0.3 is 0 Å². The van der Waals surface area contributed by atoms with Crippen LogP contribution in [-0.2, 0) is 0 Å². The van der Waals surface area contributed by atoms with Crippen molar-refractivity contribution in [2.45, 2.75) is 37.6 Å². The highest BCUT2D eigenvalue weighted by Crippen LogP contribution is 2.37. The second-order valence-electron chi connectivity index (χ2n) is 5.92. The van der Waals surface area contributed by atoms with Crippen molar-refractivity contribution in [3.63, 3.8) is 0 Å². The molecule has 3 heteroatoms. The lowest BCUT2D eigenvalue weighted by Crippen LogP contribution is -2.43. The van der Waals surface area contributed by atoms with Gasteiger partial charge in [0.25, 0.3) is 0 Å². The van der Waals surface area contributed by atoms with Gasteiger partial charge in [-0.2, -0.15) is 0 Å². The highest BCUT2D eigenvalue weighted by molar-refractivity contribution is 9.10. The summed E-state index contributed by atoms with van der Waals surface area (Å²) in [7, 11) is 0. The molecular weight excluding hydrogens is 300 g/mol. The smallest absolute Gasteiger partial charge is 0.0175 e. The van der Waals surface area contributed by atoms with Gasteiger partial charge in [0, 0.05) is 23.6 Å². The van der Waals surface area contributed by atoms with Gasteiger partial charge in [0.05, 0.1) is 0 Å². The van der Waals surface area contributed by atoms with Crippen LogP contribution in [0, 0.1) is 0 Å². The van der Waals surface area contributed by atoms with Gasteiger partial charge in [-0.05, 0) is 62.4 Å². The molecule has 1 N–H and O–H groups in total. The molecule has 2 fully saturated rings. The maximum absolute atomic E-state index is 3.71. The van der Waals surface area contributed by atoms with Crippen molar-refractivity contribution < 1.29 is 0 Å². The highest BCUT2D eigenvalue weighted by atomic mass is 79.9. The van der Waals surface area contributed by atoms with Crippen LogP contribution in [0.1, 0.15) is 37.2 Å². The van der Waals surface area contributed by atoms with Crippen molar-refractivity contribution >= 4 is 15.9 Å². The van der Waals surface area contributed by atoms with Crippen LogP contribution >= 0.6 is 15.9 Å². The van der Waals surface area contributed by atoms with Crippen LogP contribution in [0.2, 0.25) is 0 Å². The molecule has 0 amide bonds. The Kier molecular flexibility index (Phi) is 4.57. The molecule has 1 saturated carbocycles. The summed E-state index contributed by atoms with van der Waals surface area (Å²) >= 11 is 3.50. The average molecular weight is 323 g/mol. The van der Waals surface area contributed by atoms with Crippen LogP contribution in [-0.4, -0.2) is 37.1 Å². The van der Waals surface area contributed by atoms with E-state index in [1.165, 1.54) is 55.4 Å². The lowest BCUT2D eigenvalue weighted by atomic mass is 9.76. The van der Waals surface area contributed by atoms with Gasteiger partial charge in [-0.25, -0.2) is 0 Å². The maximum atomic E-state index is 3.71. The molecule has 19 heavy (non-hydrogen) atoms. The highest BCUT2D eigenvalue weighted by Gasteiger charge is 2.29. The molecule has 0 radical (unpaired) electrons. The first-order valence-corrected chi connectivity index (χ1v) is 8.32. The third-order valence-corrected chi connectivity index (χ3v) is 5.07. The minimum Gasteiger partial charge on any atom is -0.313 e. The van der Waals surface area contributed by atoms with Gasteiger partial charge in [-0.1, -0.05) is 28.1 Å². The first kappa shape index (κ1) is 13.6. The third kappa shape index (κ3) is 3.59. The molecule has 1 aliphatic carbocycles. The van der Waals surface area contributed by atoms with Gasteiger partial charge in [0.1, 0.15) is 0 Å². The topological polar surface area (TPSA) is 15.3 Å². The van der Waals surface area contributed by atoms with Crippen molar-refractivity contribution in [1.82, 2.24) is 10.2 Å². The van der Waals surface area contributed by atoms with Crippen LogP contribution in [0.15, 0.2) is 28.7 Å². The zero-order valence-corrected chi connectivity index (χ0v) is 13.0. The first-order chi connectivity index (χ1) is 9.31. The number of hydrogen-bond donors (Lipinski definition) is 1. The molecule has 0 bridgehead atoms. The second-order valence-corrected chi connectivity index (χ2v) is 6.84. The minimum absolute atomic E-state index is 0.747. The molecule has 0 unspecified atom stereocenters. The van der Waals surface area contributed by atoms with Crippen molar-refractivity contribution in [2.24, 2.45) is 0 Å². The fourth-order valence-electron chi connectivity index (χ4n) is 3.22. The van der Waals surface area contributed by atoms with Gasteiger partial charge < -0.3 is 10.2 Å². The molecule has 0 atom stereocenters. The number of hydrogen-bond acceptors (Lipinski definition) is 2. The Morgan fingerprint density at radius 2 is 1.79 bits per heavy atom. The minimum atomic E-state index is 0.747. The quantitative estimate of drug-likeness (QED) is 0.894. The Balaban J connectivity index is 1.34. The van der Waals surface area contributed by atoms with Gasteiger partial charge in [0.2, 0.25) is 0 Å². The van der Waals surface area contributed by atoms with E-state index < -0.39 is 0 Å². The monoisotopic (exact) mass is 322 g/mol. The molecule has 104 valence electrons. The molecule has 1 heterocycles. The SMILES string of the molecule is Brc1ccc(C2CC(NCCN3CCCC3)C2)cc1. The molecule has 0 spiro atoms. The molecule has 1 aromatic carbocycles. The van der Waals surface area contributed by atoms with Gasteiger partial charge in [0.15, 0.2) is 0 Å². The molecule has 0 aromatic heterocycles. The normalized spacial score (nSPS) is 27.4. The van der Waals surface area contributed by atoms with Crippen LogP contribution in [0.5, 0.6) is 0 Å². The Morgan fingerprint density at radius 3 is 2.47 bits per heavy atom. The summed E-state index contributed by atoms with van der Waals surface area (Å²) in [6.45, 7) is 5.03. The van der Waals surface area contributed by atoms with Crippen molar-refractivity contribution in [3.05, 3.63) is 34.3 Å². The fourth-order valence-corrected chi connectivity index (χ4v) is 3.49. The second kappa shape index (κ2) is 6.38. The Hall–Kier alpha value is -0.380.